The van der Waals surface area contributed by atoms with E-state index in [0.29, 0.717) is 35.3 Å². The molecule has 4 aromatic rings. The smallest absolute Gasteiger partial charge is 0.316 e. The molecule has 6 heteroatoms. The molecule has 0 amide bonds. The highest BCUT2D eigenvalue weighted by Crippen LogP contribution is 2.46. The standard InChI is InChI=1S/C34H39NO5/c1-7-34(8-2,39-6)28(21-36)35-20-24-19-23-14-10-12-16-26(23)30(31(24)37)29-25-15-11-9-13-22(25)17-18-27(29)40-32(38)33(3,4)5/h9-20,28,36-37H,7-8,21H2,1-6H3/t28-/m1/s1. The number of aromatic hydroxyl groups is 1. The molecule has 0 heterocycles. The zero-order chi connectivity index (χ0) is 29.1. The number of esters is 1. The summed E-state index contributed by atoms with van der Waals surface area (Å²) >= 11 is 0. The number of aliphatic imine (C=N–C) groups is 1. The van der Waals surface area contributed by atoms with Gasteiger partial charge in [-0.05, 0) is 67.3 Å². The normalized spacial score (nSPS) is 13.3. The predicted octanol–water partition coefficient (Wildman–Crippen LogP) is 7.30. The van der Waals surface area contributed by atoms with E-state index in [1.54, 1.807) is 19.4 Å². The zero-order valence-electron chi connectivity index (χ0n) is 24.2. The van der Waals surface area contributed by atoms with Crippen molar-refractivity contribution in [1.29, 1.82) is 0 Å². The number of carbonyl (C=O) groups is 1. The van der Waals surface area contributed by atoms with Crippen molar-refractivity contribution in [3.8, 4) is 22.6 Å². The van der Waals surface area contributed by atoms with Crippen LogP contribution >= 0.6 is 0 Å². The first-order valence-electron chi connectivity index (χ1n) is 13.8. The Hall–Kier alpha value is -3.74. The van der Waals surface area contributed by atoms with Crippen LogP contribution in [0.4, 0.5) is 0 Å². The summed E-state index contributed by atoms with van der Waals surface area (Å²) in [6, 6.07) is 20.7. The van der Waals surface area contributed by atoms with Crippen molar-refractivity contribution in [3.63, 3.8) is 0 Å². The molecule has 40 heavy (non-hydrogen) atoms. The Morgan fingerprint density at radius 1 is 0.925 bits per heavy atom. The number of fused-ring (bicyclic) bond motifs is 2. The monoisotopic (exact) mass is 541 g/mol. The Morgan fingerprint density at radius 2 is 1.52 bits per heavy atom. The molecule has 0 saturated heterocycles. The van der Waals surface area contributed by atoms with E-state index in [0.717, 1.165) is 21.5 Å². The van der Waals surface area contributed by atoms with Crippen molar-refractivity contribution in [2.75, 3.05) is 13.7 Å². The Labute approximate surface area is 236 Å². The Kier molecular flexibility index (Phi) is 8.62. The number of phenolic OH excluding ortho intramolecular Hbond substituents is 1. The Bertz CT molecular complexity index is 1540. The van der Waals surface area contributed by atoms with Gasteiger partial charge in [-0.1, -0.05) is 68.4 Å². The molecule has 6 nitrogen and oxygen atoms in total. The largest absolute Gasteiger partial charge is 0.507 e. The second kappa shape index (κ2) is 11.8. The minimum absolute atomic E-state index is 0.0135. The average molecular weight is 542 g/mol. The number of aliphatic hydroxyl groups excluding tert-OH is 1. The minimum atomic E-state index is -0.715. The van der Waals surface area contributed by atoms with Crippen molar-refractivity contribution in [2.45, 2.75) is 59.1 Å². The lowest BCUT2D eigenvalue weighted by atomic mass is 9.88. The van der Waals surface area contributed by atoms with Crippen LogP contribution < -0.4 is 4.74 Å². The number of hydrogen-bond acceptors (Lipinski definition) is 6. The van der Waals surface area contributed by atoms with Gasteiger partial charge in [-0.15, -0.1) is 0 Å². The SMILES string of the molecule is CCC(CC)(OC)[C@@H](CO)N=Cc1cc2ccccc2c(-c2c(OC(=O)C(C)(C)C)ccc3ccccc23)c1O. The number of aliphatic hydroxyl groups is 1. The molecule has 0 radical (unpaired) electrons. The zero-order valence-corrected chi connectivity index (χ0v) is 24.2. The van der Waals surface area contributed by atoms with Crippen LogP contribution in [0.15, 0.2) is 71.7 Å². The number of benzene rings is 4. The fraction of sp³-hybridized carbons (Fsp3) is 0.353. The molecule has 1 atom stereocenters. The first kappa shape index (κ1) is 29.2. The van der Waals surface area contributed by atoms with E-state index in [1.807, 2.05) is 95.3 Å². The molecular weight excluding hydrogens is 502 g/mol. The van der Waals surface area contributed by atoms with Crippen LogP contribution in [0.2, 0.25) is 0 Å². The van der Waals surface area contributed by atoms with E-state index in [1.165, 1.54) is 0 Å². The summed E-state index contributed by atoms with van der Waals surface area (Å²) in [5.74, 6) is 0.0164. The fourth-order valence-corrected chi connectivity index (χ4v) is 5.22. The maximum Gasteiger partial charge on any atom is 0.316 e. The van der Waals surface area contributed by atoms with Crippen LogP contribution in [0, 0.1) is 5.41 Å². The van der Waals surface area contributed by atoms with Gasteiger partial charge in [-0.25, -0.2) is 0 Å². The van der Waals surface area contributed by atoms with E-state index in [9.17, 15) is 15.0 Å². The molecule has 210 valence electrons. The molecule has 0 aromatic heterocycles. The molecule has 0 aliphatic heterocycles. The van der Waals surface area contributed by atoms with Crippen LogP contribution in [0.3, 0.4) is 0 Å². The molecule has 0 spiro atoms. The van der Waals surface area contributed by atoms with Crippen molar-refractivity contribution in [1.82, 2.24) is 0 Å². The molecule has 0 fully saturated rings. The summed E-state index contributed by atoms with van der Waals surface area (Å²) in [4.78, 5) is 17.7. The van der Waals surface area contributed by atoms with Gasteiger partial charge >= 0.3 is 5.97 Å². The van der Waals surface area contributed by atoms with E-state index < -0.39 is 17.1 Å². The van der Waals surface area contributed by atoms with Gasteiger partial charge in [0.05, 0.1) is 17.6 Å². The maximum atomic E-state index is 13.0. The van der Waals surface area contributed by atoms with E-state index in [2.05, 4.69) is 0 Å². The number of carbonyl (C=O) groups excluding carboxylic acids is 1. The Morgan fingerprint density at radius 3 is 2.10 bits per heavy atom. The number of ether oxygens (including phenoxy) is 2. The predicted molar refractivity (Wildman–Crippen MR) is 162 cm³/mol. The van der Waals surface area contributed by atoms with E-state index in [4.69, 9.17) is 14.5 Å². The summed E-state index contributed by atoms with van der Waals surface area (Å²) < 4.78 is 11.8. The maximum absolute atomic E-state index is 13.0. The van der Waals surface area contributed by atoms with Gasteiger partial charge in [0.1, 0.15) is 17.5 Å². The molecule has 0 aliphatic rings. The third-order valence-electron chi connectivity index (χ3n) is 7.78. The molecule has 0 aliphatic carbocycles. The highest BCUT2D eigenvalue weighted by Gasteiger charge is 2.35. The summed E-state index contributed by atoms with van der Waals surface area (Å²) in [7, 11) is 1.64. The van der Waals surface area contributed by atoms with Gasteiger partial charge in [0.2, 0.25) is 0 Å². The van der Waals surface area contributed by atoms with Gasteiger partial charge in [0, 0.05) is 30.0 Å². The quantitative estimate of drug-likeness (QED) is 0.132. The van der Waals surface area contributed by atoms with Crippen molar-refractivity contribution >= 4 is 33.7 Å². The number of hydrogen-bond donors (Lipinski definition) is 2. The molecule has 4 rings (SSSR count). The summed E-state index contributed by atoms with van der Waals surface area (Å²) in [5.41, 5.74) is 0.340. The van der Waals surface area contributed by atoms with Gasteiger partial charge < -0.3 is 19.7 Å². The summed E-state index contributed by atoms with van der Waals surface area (Å²) in [6.07, 6.45) is 2.96. The molecule has 4 aromatic carbocycles. The summed E-state index contributed by atoms with van der Waals surface area (Å²) in [6.45, 7) is 9.26. The van der Waals surface area contributed by atoms with Crippen LogP contribution in [0.5, 0.6) is 11.5 Å². The fourth-order valence-electron chi connectivity index (χ4n) is 5.22. The molecule has 0 saturated carbocycles. The lowest BCUT2D eigenvalue weighted by Crippen LogP contribution is -2.44. The Balaban J connectivity index is 2.00. The minimum Gasteiger partial charge on any atom is -0.507 e. The number of nitrogens with zero attached hydrogens (tertiary/aromatic N) is 1. The van der Waals surface area contributed by atoms with Crippen molar-refractivity contribution in [2.24, 2.45) is 10.4 Å². The van der Waals surface area contributed by atoms with E-state index >= 15 is 0 Å². The highest BCUT2D eigenvalue weighted by molar-refractivity contribution is 6.12. The number of methoxy groups -OCH3 is 1. The molecule has 0 bridgehead atoms. The van der Waals surface area contributed by atoms with E-state index in [-0.39, 0.29) is 18.3 Å². The number of rotatable bonds is 9. The highest BCUT2D eigenvalue weighted by atomic mass is 16.5. The van der Waals surface area contributed by atoms with Crippen LogP contribution in [-0.2, 0) is 9.53 Å². The number of phenols is 1. The third-order valence-corrected chi connectivity index (χ3v) is 7.78. The van der Waals surface area contributed by atoms with Crippen molar-refractivity contribution < 1.29 is 24.5 Å². The second-order valence-corrected chi connectivity index (χ2v) is 11.2. The van der Waals surface area contributed by atoms with Gasteiger partial charge in [-0.3, -0.25) is 9.79 Å². The van der Waals surface area contributed by atoms with Gasteiger partial charge in [0.25, 0.3) is 0 Å². The van der Waals surface area contributed by atoms with Crippen LogP contribution in [0.25, 0.3) is 32.7 Å². The third kappa shape index (κ3) is 5.47. The topological polar surface area (TPSA) is 88.4 Å². The lowest BCUT2D eigenvalue weighted by molar-refractivity contribution is -0.142. The van der Waals surface area contributed by atoms with Gasteiger partial charge in [0.15, 0.2) is 0 Å². The second-order valence-electron chi connectivity index (χ2n) is 11.2. The first-order valence-corrected chi connectivity index (χ1v) is 13.8. The molecular formula is C34H39NO5. The van der Waals surface area contributed by atoms with Gasteiger partial charge in [-0.2, -0.15) is 0 Å². The lowest BCUT2D eigenvalue weighted by Gasteiger charge is -2.35. The van der Waals surface area contributed by atoms with Crippen LogP contribution in [-0.4, -0.2) is 47.8 Å². The molecule has 0 unspecified atom stereocenters. The van der Waals surface area contributed by atoms with Crippen molar-refractivity contribution in [3.05, 3.63) is 72.3 Å². The average Bonchev–Trinajstić information content (AvgIpc) is 2.95. The van der Waals surface area contributed by atoms with Crippen LogP contribution in [0.1, 0.15) is 53.0 Å². The molecule has 2 N–H and O–H groups in total. The first-order chi connectivity index (χ1) is 19.1. The summed E-state index contributed by atoms with van der Waals surface area (Å²) in [5, 5.41) is 25.6.